The average Bonchev–Trinajstić information content (AvgIpc) is 3.27. The Kier molecular flexibility index (Phi) is 3.47. The van der Waals surface area contributed by atoms with Crippen molar-refractivity contribution in [1.82, 2.24) is 0 Å². The van der Waals surface area contributed by atoms with Crippen molar-refractivity contribution in [3.8, 4) is 11.1 Å². The molecule has 0 unspecified atom stereocenters. The van der Waals surface area contributed by atoms with Crippen LogP contribution in [0, 0.1) is 27.7 Å². The quantitative estimate of drug-likeness (QED) is 0.282. The van der Waals surface area contributed by atoms with E-state index in [2.05, 4.69) is 88.4 Å². The van der Waals surface area contributed by atoms with Gasteiger partial charge in [-0.3, -0.25) is 0 Å². The lowest BCUT2D eigenvalue weighted by molar-refractivity contribution is 0.665. The number of furan rings is 2. The van der Waals surface area contributed by atoms with Gasteiger partial charge in [0.05, 0.1) is 0 Å². The Balaban J connectivity index is 1.63. The third kappa shape index (κ3) is 2.31. The third-order valence-corrected chi connectivity index (χ3v) is 6.36. The number of fused-ring (bicyclic) bond motifs is 6. The number of aryl methyl sites for hydroxylation is 4. The van der Waals surface area contributed by atoms with E-state index in [9.17, 15) is 0 Å². The molecule has 4 aromatic carbocycles. The Morgan fingerprint density at radius 1 is 0.600 bits per heavy atom. The Morgan fingerprint density at radius 2 is 1.40 bits per heavy atom. The zero-order valence-electron chi connectivity index (χ0n) is 17.6. The van der Waals surface area contributed by atoms with Gasteiger partial charge in [0.15, 0.2) is 0 Å². The molecule has 0 radical (unpaired) electrons. The fourth-order valence-electron chi connectivity index (χ4n) is 4.87. The summed E-state index contributed by atoms with van der Waals surface area (Å²) >= 11 is 0. The Morgan fingerprint density at radius 3 is 2.27 bits per heavy atom. The monoisotopic (exact) mass is 390 g/mol. The van der Waals surface area contributed by atoms with Gasteiger partial charge in [-0.15, -0.1) is 0 Å². The Bertz CT molecular complexity index is 1630. The second-order valence-electron chi connectivity index (χ2n) is 8.43. The lowest BCUT2D eigenvalue weighted by Gasteiger charge is -2.09. The molecule has 2 aromatic heterocycles. The number of benzene rings is 4. The highest BCUT2D eigenvalue weighted by Gasteiger charge is 2.16. The third-order valence-electron chi connectivity index (χ3n) is 6.36. The van der Waals surface area contributed by atoms with Crippen LogP contribution < -0.4 is 0 Å². The van der Waals surface area contributed by atoms with E-state index in [0.717, 1.165) is 33.5 Å². The van der Waals surface area contributed by atoms with E-state index in [4.69, 9.17) is 8.83 Å². The van der Waals surface area contributed by atoms with Crippen molar-refractivity contribution in [2.75, 3.05) is 0 Å². The maximum Gasteiger partial charge on any atom is 0.138 e. The second kappa shape index (κ2) is 5.99. The van der Waals surface area contributed by atoms with E-state index in [1.165, 1.54) is 43.8 Å². The number of hydrogen-bond acceptors (Lipinski definition) is 2. The molecule has 0 fully saturated rings. The van der Waals surface area contributed by atoms with Crippen LogP contribution in [0.2, 0.25) is 0 Å². The van der Waals surface area contributed by atoms with Crippen molar-refractivity contribution in [1.29, 1.82) is 0 Å². The van der Waals surface area contributed by atoms with Crippen molar-refractivity contribution in [2.45, 2.75) is 27.7 Å². The van der Waals surface area contributed by atoms with Gasteiger partial charge in [0.1, 0.15) is 22.3 Å². The molecule has 0 amide bonds. The summed E-state index contributed by atoms with van der Waals surface area (Å²) in [6.45, 7) is 8.56. The summed E-state index contributed by atoms with van der Waals surface area (Å²) in [7, 11) is 0. The molecular formula is C28H22O2. The minimum atomic E-state index is 0.939. The van der Waals surface area contributed by atoms with E-state index in [1.807, 2.05) is 0 Å². The fraction of sp³-hybridized carbons (Fsp3) is 0.143. The minimum absolute atomic E-state index is 0.939. The molecule has 146 valence electrons. The summed E-state index contributed by atoms with van der Waals surface area (Å²) in [4.78, 5) is 0. The molecule has 2 nitrogen and oxygen atoms in total. The van der Waals surface area contributed by atoms with Gasteiger partial charge in [-0.05, 0) is 79.8 Å². The van der Waals surface area contributed by atoms with Gasteiger partial charge in [0, 0.05) is 27.1 Å². The average molecular weight is 390 g/mol. The zero-order valence-corrected chi connectivity index (χ0v) is 17.6. The Labute approximate surface area is 174 Å². The van der Waals surface area contributed by atoms with E-state index in [1.54, 1.807) is 0 Å². The largest absolute Gasteiger partial charge is 0.456 e. The smallest absolute Gasteiger partial charge is 0.138 e. The minimum Gasteiger partial charge on any atom is -0.456 e. The first-order valence-electron chi connectivity index (χ1n) is 10.4. The molecule has 0 atom stereocenters. The molecule has 0 saturated heterocycles. The lowest BCUT2D eigenvalue weighted by atomic mass is 9.94. The van der Waals surface area contributed by atoms with Gasteiger partial charge in [-0.25, -0.2) is 0 Å². The van der Waals surface area contributed by atoms with Crippen molar-refractivity contribution in [3.05, 3.63) is 82.9 Å². The van der Waals surface area contributed by atoms with Crippen molar-refractivity contribution < 1.29 is 8.83 Å². The van der Waals surface area contributed by atoms with Gasteiger partial charge < -0.3 is 8.83 Å². The first-order valence-corrected chi connectivity index (χ1v) is 10.4. The molecule has 0 spiro atoms. The van der Waals surface area contributed by atoms with Gasteiger partial charge in [0.2, 0.25) is 0 Å². The maximum absolute atomic E-state index is 6.28. The van der Waals surface area contributed by atoms with E-state index in [0.29, 0.717) is 0 Å². The molecule has 0 saturated carbocycles. The topological polar surface area (TPSA) is 26.3 Å². The van der Waals surface area contributed by atoms with Crippen LogP contribution in [-0.4, -0.2) is 0 Å². The number of rotatable bonds is 1. The van der Waals surface area contributed by atoms with Gasteiger partial charge in [-0.1, -0.05) is 36.4 Å². The molecule has 2 heterocycles. The summed E-state index contributed by atoms with van der Waals surface area (Å²) in [5.74, 6) is 0. The summed E-state index contributed by atoms with van der Waals surface area (Å²) in [5.41, 5.74) is 11.0. The van der Waals surface area contributed by atoms with Crippen LogP contribution in [-0.2, 0) is 0 Å². The molecule has 0 aliphatic heterocycles. The highest BCUT2D eigenvalue weighted by Crippen LogP contribution is 2.40. The number of hydrogen-bond donors (Lipinski definition) is 0. The Hall–Kier alpha value is -3.52. The second-order valence-corrected chi connectivity index (χ2v) is 8.43. The van der Waals surface area contributed by atoms with Crippen molar-refractivity contribution in [2.24, 2.45) is 0 Å². The highest BCUT2D eigenvalue weighted by atomic mass is 16.3. The molecule has 6 aromatic rings. The predicted molar refractivity (Wildman–Crippen MR) is 125 cm³/mol. The van der Waals surface area contributed by atoms with Gasteiger partial charge >= 0.3 is 0 Å². The summed E-state index contributed by atoms with van der Waals surface area (Å²) in [5, 5.41) is 4.77. The van der Waals surface area contributed by atoms with Gasteiger partial charge in [-0.2, -0.15) is 0 Å². The zero-order chi connectivity index (χ0) is 20.6. The van der Waals surface area contributed by atoms with Crippen LogP contribution in [0.4, 0.5) is 0 Å². The van der Waals surface area contributed by atoms with Crippen LogP contribution in [0.1, 0.15) is 22.3 Å². The molecule has 0 aliphatic carbocycles. The van der Waals surface area contributed by atoms with E-state index in [-0.39, 0.29) is 0 Å². The van der Waals surface area contributed by atoms with Crippen LogP contribution in [0.5, 0.6) is 0 Å². The van der Waals surface area contributed by atoms with Crippen LogP contribution in [0.25, 0.3) is 55.0 Å². The first-order chi connectivity index (χ1) is 14.5. The molecule has 0 N–H and O–H groups in total. The predicted octanol–water partition coefficient (Wildman–Crippen LogP) is 8.39. The van der Waals surface area contributed by atoms with E-state index < -0.39 is 0 Å². The highest BCUT2D eigenvalue weighted by molar-refractivity contribution is 6.10. The summed E-state index contributed by atoms with van der Waals surface area (Å²) in [6.07, 6.45) is 0. The summed E-state index contributed by atoms with van der Waals surface area (Å²) < 4.78 is 12.5. The molecule has 6 rings (SSSR count). The molecular weight excluding hydrogens is 368 g/mol. The maximum atomic E-state index is 6.28. The van der Waals surface area contributed by atoms with Crippen molar-refractivity contribution in [3.63, 3.8) is 0 Å². The first kappa shape index (κ1) is 17.3. The molecule has 0 aliphatic rings. The molecule has 2 heteroatoms. The molecule has 0 bridgehead atoms. The van der Waals surface area contributed by atoms with Crippen LogP contribution >= 0.6 is 0 Å². The SMILES string of the molecule is Cc1ccc2c(c1)oc1c(C)c(-c3cc(C)c4c(c3)oc3cccc(C)c34)ccc12. The van der Waals surface area contributed by atoms with Crippen molar-refractivity contribution >= 4 is 43.9 Å². The van der Waals surface area contributed by atoms with Gasteiger partial charge in [0.25, 0.3) is 0 Å². The normalized spacial score (nSPS) is 12.0. The van der Waals surface area contributed by atoms with E-state index >= 15 is 0 Å². The standard InChI is InChI=1S/C28H22O2/c1-15-8-9-21-22-11-10-20(18(4)28(22)30-24(21)12-15)19-13-17(3)27-25(14-19)29-23-7-5-6-16(2)26(23)27/h5-14H,1-4H3. The summed E-state index contributed by atoms with van der Waals surface area (Å²) in [6, 6.07) is 21.5. The lowest BCUT2D eigenvalue weighted by Crippen LogP contribution is -1.86. The van der Waals surface area contributed by atoms with Crippen LogP contribution in [0.3, 0.4) is 0 Å². The van der Waals surface area contributed by atoms with Crippen LogP contribution in [0.15, 0.2) is 69.5 Å². The molecule has 30 heavy (non-hydrogen) atoms. The fourth-order valence-corrected chi connectivity index (χ4v) is 4.87.